The van der Waals surface area contributed by atoms with Gasteiger partial charge in [0, 0.05) is 18.1 Å². The molecular formula is C24H27ClN2O3S. The van der Waals surface area contributed by atoms with Crippen LogP contribution in [0, 0.1) is 5.92 Å². The maximum absolute atomic E-state index is 11.7. The van der Waals surface area contributed by atoms with E-state index in [-0.39, 0.29) is 12.4 Å². The van der Waals surface area contributed by atoms with Gasteiger partial charge in [-0.15, -0.1) is 0 Å². The standard InChI is InChI=1S/C24H27ClN2O3S/c1-2-29-23(28)15-18-4-3-5-20(14-18)30-13-10-17-8-11-27(12-9-17)24-26-21-7-6-19(25)16-22(21)31-24/h3-7,14,16-17H,2,8-13,15H2,1H3. The van der Waals surface area contributed by atoms with E-state index >= 15 is 0 Å². The van der Waals surface area contributed by atoms with Crippen molar-refractivity contribution in [2.45, 2.75) is 32.6 Å². The van der Waals surface area contributed by atoms with Gasteiger partial charge in [-0.3, -0.25) is 4.79 Å². The van der Waals surface area contributed by atoms with Crippen molar-refractivity contribution in [1.29, 1.82) is 0 Å². The van der Waals surface area contributed by atoms with Crippen LogP contribution in [0.5, 0.6) is 5.75 Å². The van der Waals surface area contributed by atoms with Gasteiger partial charge >= 0.3 is 5.97 Å². The molecule has 4 rings (SSSR count). The maximum atomic E-state index is 11.7. The van der Waals surface area contributed by atoms with Gasteiger partial charge in [-0.25, -0.2) is 4.98 Å². The number of thiazole rings is 1. The van der Waals surface area contributed by atoms with Gasteiger partial charge in [0.25, 0.3) is 0 Å². The summed E-state index contributed by atoms with van der Waals surface area (Å²) in [6.07, 6.45) is 3.60. The highest BCUT2D eigenvalue weighted by atomic mass is 35.5. The molecule has 0 spiro atoms. The summed E-state index contributed by atoms with van der Waals surface area (Å²) in [6, 6.07) is 13.6. The van der Waals surface area contributed by atoms with E-state index in [9.17, 15) is 4.79 Å². The molecule has 1 saturated heterocycles. The number of ether oxygens (including phenoxy) is 2. The Morgan fingerprint density at radius 2 is 2.06 bits per heavy atom. The van der Waals surface area contributed by atoms with E-state index in [4.69, 9.17) is 26.1 Å². The molecule has 3 aromatic rings. The smallest absolute Gasteiger partial charge is 0.310 e. The molecule has 2 aromatic carbocycles. The van der Waals surface area contributed by atoms with Crippen molar-refractivity contribution in [3.05, 3.63) is 53.1 Å². The number of aromatic nitrogens is 1. The third kappa shape index (κ3) is 5.89. The molecule has 31 heavy (non-hydrogen) atoms. The van der Waals surface area contributed by atoms with Crippen molar-refractivity contribution >= 4 is 44.3 Å². The summed E-state index contributed by atoms with van der Waals surface area (Å²) in [5.74, 6) is 1.26. The maximum Gasteiger partial charge on any atom is 0.310 e. The Hall–Kier alpha value is -2.31. The van der Waals surface area contributed by atoms with E-state index in [2.05, 4.69) is 4.90 Å². The third-order valence-corrected chi connectivity index (χ3v) is 6.89. The topological polar surface area (TPSA) is 51.7 Å². The minimum atomic E-state index is -0.206. The molecule has 0 N–H and O–H groups in total. The van der Waals surface area contributed by atoms with Gasteiger partial charge in [-0.05, 0) is 68.0 Å². The summed E-state index contributed by atoms with van der Waals surface area (Å²) < 4.78 is 12.1. The zero-order valence-electron chi connectivity index (χ0n) is 17.7. The number of carbonyl (C=O) groups is 1. The fraction of sp³-hybridized carbons (Fsp3) is 0.417. The molecule has 2 heterocycles. The Bertz CT molecular complexity index is 1030. The minimum Gasteiger partial charge on any atom is -0.494 e. The van der Waals surface area contributed by atoms with Crippen LogP contribution in [-0.2, 0) is 16.0 Å². The molecule has 164 valence electrons. The number of carbonyl (C=O) groups excluding carboxylic acids is 1. The van der Waals surface area contributed by atoms with Gasteiger partial charge in [0.1, 0.15) is 5.75 Å². The molecule has 1 aromatic heterocycles. The second-order valence-corrected chi connectivity index (χ2v) is 9.25. The number of hydrogen-bond acceptors (Lipinski definition) is 6. The van der Waals surface area contributed by atoms with Gasteiger partial charge < -0.3 is 14.4 Å². The zero-order valence-corrected chi connectivity index (χ0v) is 19.3. The molecule has 0 aliphatic carbocycles. The summed E-state index contributed by atoms with van der Waals surface area (Å²) >= 11 is 7.82. The van der Waals surface area contributed by atoms with Crippen LogP contribution in [0.4, 0.5) is 5.13 Å². The SMILES string of the molecule is CCOC(=O)Cc1cccc(OCCC2CCN(c3nc4ccc(Cl)cc4s3)CC2)c1. The Balaban J connectivity index is 1.23. The first-order chi connectivity index (χ1) is 15.1. The van der Waals surface area contributed by atoms with Crippen molar-refractivity contribution in [1.82, 2.24) is 4.98 Å². The normalized spacial score (nSPS) is 14.7. The number of anilines is 1. The summed E-state index contributed by atoms with van der Waals surface area (Å²) in [4.78, 5) is 18.8. The number of esters is 1. The van der Waals surface area contributed by atoms with Crippen molar-refractivity contribution in [3.63, 3.8) is 0 Å². The predicted octanol–water partition coefficient (Wildman–Crippen LogP) is 5.74. The average Bonchev–Trinajstić information content (AvgIpc) is 3.18. The molecule has 0 radical (unpaired) electrons. The van der Waals surface area contributed by atoms with Crippen LogP contribution < -0.4 is 9.64 Å². The number of piperidine rings is 1. The molecule has 7 heteroatoms. The molecule has 1 fully saturated rings. The fourth-order valence-electron chi connectivity index (χ4n) is 3.90. The van der Waals surface area contributed by atoms with E-state index in [1.807, 2.05) is 49.4 Å². The second kappa shape index (κ2) is 10.3. The average molecular weight is 459 g/mol. The molecule has 0 amide bonds. The third-order valence-electron chi connectivity index (χ3n) is 5.57. The van der Waals surface area contributed by atoms with Crippen LogP contribution in [0.3, 0.4) is 0 Å². The van der Waals surface area contributed by atoms with E-state index in [1.54, 1.807) is 11.3 Å². The molecule has 0 unspecified atom stereocenters. The number of rotatable bonds is 8. The van der Waals surface area contributed by atoms with Crippen molar-refractivity contribution < 1.29 is 14.3 Å². The van der Waals surface area contributed by atoms with Crippen molar-refractivity contribution in [2.24, 2.45) is 5.92 Å². The molecule has 0 bridgehead atoms. The van der Waals surface area contributed by atoms with Gasteiger partial charge in [0.2, 0.25) is 0 Å². The first-order valence-corrected chi connectivity index (χ1v) is 12.0. The second-order valence-electron chi connectivity index (χ2n) is 7.81. The van der Waals surface area contributed by atoms with Crippen LogP contribution in [0.15, 0.2) is 42.5 Å². The highest BCUT2D eigenvalue weighted by molar-refractivity contribution is 7.22. The van der Waals surface area contributed by atoms with Crippen molar-refractivity contribution in [2.75, 3.05) is 31.2 Å². The van der Waals surface area contributed by atoms with Crippen molar-refractivity contribution in [3.8, 4) is 5.75 Å². The molecule has 1 aliphatic rings. The lowest BCUT2D eigenvalue weighted by atomic mass is 9.94. The number of benzene rings is 2. The highest BCUT2D eigenvalue weighted by Crippen LogP contribution is 2.33. The fourth-order valence-corrected chi connectivity index (χ4v) is 5.20. The van der Waals surface area contributed by atoms with Gasteiger partial charge in [0.15, 0.2) is 5.13 Å². The van der Waals surface area contributed by atoms with Gasteiger partial charge in [-0.1, -0.05) is 35.1 Å². The summed E-state index contributed by atoms with van der Waals surface area (Å²) in [6.45, 7) is 4.95. The van der Waals surface area contributed by atoms with E-state index in [0.717, 1.165) is 64.0 Å². The Morgan fingerprint density at radius 3 is 2.87 bits per heavy atom. The molecular weight excluding hydrogens is 432 g/mol. The Labute approximate surface area is 191 Å². The van der Waals surface area contributed by atoms with Gasteiger partial charge in [-0.2, -0.15) is 0 Å². The van der Waals surface area contributed by atoms with Crippen LogP contribution in [-0.4, -0.2) is 37.3 Å². The first-order valence-electron chi connectivity index (χ1n) is 10.8. The van der Waals surface area contributed by atoms with Crippen LogP contribution in [0.25, 0.3) is 10.2 Å². The van der Waals surface area contributed by atoms with Crippen LogP contribution >= 0.6 is 22.9 Å². The minimum absolute atomic E-state index is 0.206. The predicted molar refractivity (Wildman–Crippen MR) is 126 cm³/mol. The Kier molecular flexibility index (Phi) is 7.30. The molecule has 5 nitrogen and oxygen atoms in total. The van der Waals surface area contributed by atoms with Gasteiger partial charge in [0.05, 0.1) is 29.9 Å². The molecule has 0 saturated carbocycles. The van der Waals surface area contributed by atoms with Crippen LogP contribution in [0.1, 0.15) is 31.7 Å². The van der Waals surface area contributed by atoms with E-state index in [1.165, 1.54) is 0 Å². The first kappa shape index (κ1) is 21.9. The quantitative estimate of drug-likeness (QED) is 0.403. The van der Waals surface area contributed by atoms with Crippen LogP contribution in [0.2, 0.25) is 5.02 Å². The number of fused-ring (bicyclic) bond motifs is 1. The lowest BCUT2D eigenvalue weighted by Crippen LogP contribution is -2.34. The monoisotopic (exact) mass is 458 g/mol. The summed E-state index contributed by atoms with van der Waals surface area (Å²) in [5.41, 5.74) is 1.94. The number of halogens is 1. The van der Waals surface area contributed by atoms with E-state index in [0.29, 0.717) is 19.1 Å². The number of hydrogen-bond donors (Lipinski definition) is 0. The molecule has 1 aliphatic heterocycles. The summed E-state index contributed by atoms with van der Waals surface area (Å²) in [7, 11) is 0. The largest absolute Gasteiger partial charge is 0.494 e. The summed E-state index contributed by atoms with van der Waals surface area (Å²) in [5, 5.41) is 1.85. The molecule has 0 atom stereocenters. The highest BCUT2D eigenvalue weighted by Gasteiger charge is 2.21. The lowest BCUT2D eigenvalue weighted by molar-refractivity contribution is -0.142. The zero-order chi connectivity index (χ0) is 21.6. The Morgan fingerprint density at radius 1 is 1.23 bits per heavy atom. The number of nitrogens with zero attached hydrogens (tertiary/aromatic N) is 2. The lowest BCUT2D eigenvalue weighted by Gasteiger charge is -2.31. The van der Waals surface area contributed by atoms with E-state index < -0.39 is 0 Å².